The van der Waals surface area contributed by atoms with Crippen molar-refractivity contribution in [2.24, 2.45) is 0 Å². The molecule has 5 heteroatoms. The second-order valence-electron chi connectivity index (χ2n) is 7.30. The largest absolute Gasteiger partial charge is 0.337 e. The van der Waals surface area contributed by atoms with Gasteiger partial charge in [0.15, 0.2) is 0 Å². The molecule has 0 N–H and O–H groups in total. The molecule has 1 atom stereocenters. The van der Waals surface area contributed by atoms with E-state index in [0.717, 1.165) is 38.3 Å². The van der Waals surface area contributed by atoms with Gasteiger partial charge in [0, 0.05) is 38.3 Å². The highest BCUT2D eigenvalue weighted by Gasteiger charge is 2.26. The minimum absolute atomic E-state index is 0.135. The van der Waals surface area contributed by atoms with Gasteiger partial charge >= 0.3 is 0 Å². The molecule has 0 bridgehead atoms. The molecule has 5 nitrogen and oxygen atoms in total. The van der Waals surface area contributed by atoms with E-state index in [1.807, 2.05) is 12.1 Å². The summed E-state index contributed by atoms with van der Waals surface area (Å²) >= 11 is 0. The Labute approximate surface area is 160 Å². The molecule has 4 rings (SSSR count). The Morgan fingerprint density at radius 1 is 0.963 bits per heavy atom. The number of benzene rings is 2. The van der Waals surface area contributed by atoms with Crippen molar-refractivity contribution >= 4 is 0 Å². The summed E-state index contributed by atoms with van der Waals surface area (Å²) in [6, 6.07) is 19.0. The average molecular weight is 362 g/mol. The number of hydrogen-bond acceptors (Lipinski definition) is 5. The lowest BCUT2D eigenvalue weighted by molar-refractivity contribution is 0.0845. The van der Waals surface area contributed by atoms with E-state index < -0.39 is 0 Å². The summed E-state index contributed by atoms with van der Waals surface area (Å²) in [5.41, 5.74) is 3.60. The van der Waals surface area contributed by atoms with Gasteiger partial charge in [-0.25, -0.2) is 0 Å². The fourth-order valence-electron chi connectivity index (χ4n) is 3.53. The Morgan fingerprint density at radius 2 is 1.67 bits per heavy atom. The molecule has 1 aromatic heterocycles. The topological polar surface area (TPSA) is 45.4 Å². The van der Waals surface area contributed by atoms with Crippen molar-refractivity contribution in [2.75, 3.05) is 26.2 Å². The SMILES string of the molecule is Cc1ccc(-c2noc([C@@H](C)N3CCN(Cc4ccccc4)CC3)n2)cc1. The van der Waals surface area contributed by atoms with Crippen LogP contribution in [0.4, 0.5) is 0 Å². The Kier molecular flexibility index (Phi) is 5.32. The maximum absolute atomic E-state index is 5.57. The smallest absolute Gasteiger partial charge is 0.244 e. The molecule has 0 amide bonds. The van der Waals surface area contributed by atoms with E-state index >= 15 is 0 Å². The molecule has 27 heavy (non-hydrogen) atoms. The van der Waals surface area contributed by atoms with Crippen molar-refractivity contribution < 1.29 is 4.52 Å². The third kappa shape index (κ3) is 4.26. The summed E-state index contributed by atoms with van der Waals surface area (Å²) in [7, 11) is 0. The Bertz CT molecular complexity index is 852. The highest BCUT2D eigenvalue weighted by molar-refractivity contribution is 5.54. The molecular weight excluding hydrogens is 336 g/mol. The van der Waals surface area contributed by atoms with Crippen LogP contribution in [0.25, 0.3) is 11.4 Å². The second-order valence-corrected chi connectivity index (χ2v) is 7.30. The molecule has 2 aromatic carbocycles. The van der Waals surface area contributed by atoms with Gasteiger partial charge in [-0.05, 0) is 19.4 Å². The maximum atomic E-state index is 5.57. The lowest BCUT2D eigenvalue weighted by Gasteiger charge is -2.36. The number of piperazine rings is 1. The van der Waals surface area contributed by atoms with E-state index in [-0.39, 0.29) is 6.04 Å². The normalized spacial score (nSPS) is 17.1. The van der Waals surface area contributed by atoms with Crippen molar-refractivity contribution in [1.29, 1.82) is 0 Å². The maximum Gasteiger partial charge on any atom is 0.244 e. The number of aromatic nitrogens is 2. The molecule has 0 aliphatic carbocycles. The molecule has 3 aromatic rings. The monoisotopic (exact) mass is 362 g/mol. The van der Waals surface area contributed by atoms with Crippen LogP contribution >= 0.6 is 0 Å². The molecule has 0 radical (unpaired) electrons. The molecule has 2 heterocycles. The average Bonchev–Trinajstić information content (AvgIpc) is 3.20. The predicted molar refractivity (Wildman–Crippen MR) is 106 cm³/mol. The zero-order valence-electron chi connectivity index (χ0n) is 16.0. The van der Waals surface area contributed by atoms with Gasteiger partial charge in [-0.2, -0.15) is 4.98 Å². The molecule has 1 aliphatic rings. The summed E-state index contributed by atoms with van der Waals surface area (Å²) < 4.78 is 5.57. The third-order valence-electron chi connectivity index (χ3n) is 5.31. The van der Waals surface area contributed by atoms with Crippen LogP contribution in [0, 0.1) is 6.92 Å². The molecule has 0 saturated carbocycles. The van der Waals surface area contributed by atoms with E-state index in [0.29, 0.717) is 11.7 Å². The highest BCUT2D eigenvalue weighted by Crippen LogP contribution is 2.24. The number of aryl methyl sites for hydroxylation is 1. The van der Waals surface area contributed by atoms with Crippen LogP contribution in [0.15, 0.2) is 59.1 Å². The van der Waals surface area contributed by atoms with Crippen LogP contribution in [0.5, 0.6) is 0 Å². The minimum Gasteiger partial charge on any atom is -0.337 e. The number of rotatable bonds is 5. The first kappa shape index (κ1) is 17.9. The first-order valence-corrected chi connectivity index (χ1v) is 9.60. The van der Waals surface area contributed by atoms with Crippen LogP contribution in [-0.2, 0) is 6.54 Å². The summed E-state index contributed by atoms with van der Waals surface area (Å²) in [6.07, 6.45) is 0. The van der Waals surface area contributed by atoms with Crippen LogP contribution < -0.4 is 0 Å². The van der Waals surface area contributed by atoms with Gasteiger partial charge in [0.25, 0.3) is 0 Å². The first-order chi connectivity index (χ1) is 13.2. The van der Waals surface area contributed by atoms with Gasteiger partial charge in [0.2, 0.25) is 11.7 Å². The van der Waals surface area contributed by atoms with Gasteiger partial charge in [-0.1, -0.05) is 65.3 Å². The molecule has 0 spiro atoms. The summed E-state index contributed by atoms with van der Waals surface area (Å²) in [4.78, 5) is 9.57. The summed E-state index contributed by atoms with van der Waals surface area (Å²) in [6.45, 7) is 9.37. The first-order valence-electron chi connectivity index (χ1n) is 9.60. The Balaban J connectivity index is 1.35. The van der Waals surface area contributed by atoms with E-state index in [1.54, 1.807) is 0 Å². The van der Waals surface area contributed by atoms with Gasteiger partial charge < -0.3 is 4.52 Å². The van der Waals surface area contributed by atoms with Gasteiger partial charge in [-0.3, -0.25) is 9.80 Å². The molecule has 0 unspecified atom stereocenters. The Morgan fingerprint density at radius 3 is 2.37 bits per heavy atom. The minimum atomic E-state index is 0.135. The van der Waals surface area contributed by atoms with Crippen molar-refractivity contribution in [3.05, 3.63) is 71.6 Å². The van der Waals surface area contributed by atoms with Crippen LogP contribution in [0.3, 0.4) is 0 Å². The zero-order valence-corrected chi connectivity index (χ0v) is 16.0. The van der Waals surface area contributed by atoms with Gasteiger partial charge in [0.1, 0.15) is 0 Å². The number of hydrogen-bond donors (Lipinski definition) is 0. The molecule has 1 saturated heterocycles. The zero-order chi connectivity index (χ0) is 18.6. The standard InChI is InChI=1S/C22H26N4O/c1-17-8-10-20(11-9-17)21-23-22(27-24-21)18(2)26-14-12-25(13-15-26)16-19-6-4-3-5-7-19/h3-11,18H,12-16H2,1-2H3/t18-/m1/s1. The summed E-state index contributed by atoms with van der Waals surface area (Å²) in [5, 5.41) is 4.18. The lowest BCUT2D eigenvalue weighted by atomic mass is 10.1. The van der Waals surface area contributed by atoms with Crippen molar-refractivity contribution in [3.63, 3.8) is 0 Å². The predicted octanol–water partition coefficient (Wildman–Crippen LogP) is 3.92. The van der Waals surface area contributed by atoms with Crippen molar-refractivity contribution in [3.8, 4) is 11.4 Å². The highest BCUT2D eigenvalue weighted by atomic mass is 16.5. The van der Waals surface area contributed by atoms with Crippen molar-refractivity contribution in [1.82, 2.24) is 19.9 Å². The third-order valence-corrected chi connectivity index (χ3v) is 5.31. The van der Waals surface area contributed by atoms with E-state index in [4.69, 9.17) is 4.52 Å². The van der Waals surface area contributed by atoms with E-state index in [9.17, 15) is 0 Å². The quantitative estimate of drug-likeness (QED) is 0.688. The van der Waals surface area contributed by atoms with E-state index in [2.05, 4.69) is 76.3 Å². The van der Waals surface area contributed by atoms with E-state index in [1.165, 1.54) is 11.1 Å². The van der Waals surface area contributed by atoms with Crippen LogP contribution in [0.2, 0.25) is 0 Å². The molecule has 140 valence electrons. The van der Waals surface area contributed by atoms with Gasteiger partial charge in [-0.15, -0.1) is 0 Å². The fraction of sp³-hybridized carbons (Fsp3) is 0.364. The number of nitrogens with zero attached hydrogens (tertiary/aromatic N) is 4. The molecule has 1 aliphatic heterocycles. The van der Waals surface area contributed by atoms with Gasteiger partial charge in [0.05, 0.1) is 6.04 Å². The fourth-order valence-corrected chi connectivity index (χ4v) is 3.53. The molecule has 1 fully saturated rings. The Hall–Kier alpha value is -2.50. The lowest BCUT2D eigenvalue weighted by Crippen LogP contribution is -2.46. The van der Waals surface area contributed by atoms with Crippen LogP contribution in [0.1, 0.15) is 30.0 Å². The summed E-state index contributed by atoms with van der Waals surface area (Å²) in [5.74, 6) is 1.36. The van der Waals surface area contributed by atoms with Crippen molar-refractivity contribution in [2.45, 2.75) is 26.4 Å². The second kappa shape index (κ2) is 8.03. The van der Waals surface area contributed by atoms with Crippen LogP contribution in [-0.4, -0.2) is 46.1 Å². The molecular formula is C22H26N4O.